The Morgan fingerprint density at radius 3 is 2.39 bits per heavy atom. The molecule has 2 aromatic carbocycles. The standard InChI is InChI=1S/C15H16N2O/c16-11-10-15(18)17-14-9-5-4-8-13(14)12-6-2-1-3-7-12/h1-9H,10-11,16H2,(H,17,18). The predicted octanol–water partition coefficient (Wildman–Crippen LogP) is 2.64. The number of hydrogen-bond donors (Lipinski definition) is 2. The van der Waals surface area contributed by atoms with Crippen LogP contribution in [0, 0.1) is 0 Å². The molecule has 2 rings (SSSR count). The van der Waals surface area contributed by atoms with Crippen LogP contribution in [0.15, 0.2) is 54.6 Å². The van der Waals surface area contributed by atoms with Crippen LogP contribution >= 0.6 is 0 Å². The summed E-state index contributed by atoms with van der Waals surface area (Å²) in [6, 6.07) is 17.7. The maximum atomic E-state index is 11.6. The topological polar surface area (TPSA) is 55.1 Å². The van der Waals surface area contributed by atoms with E-state index in [1.165, 1.54) is 0 Å². The fourth-order valence-corrected chi connectivity index (χ4v) is 1.81. The zero-order valence-corrected chi connectivity index (χ0v) is 10.1. The highest BCUT2D eigenvalue weighted by Gasteiger charge is 2.06. The smallest absolute Gasteiger partial charge is 0.225 e. The first-order chi connectivity index (χ1) is 8.81. The summed E-state index contributed by atoms with van der Waals surface area (Å²) in [5.41, 5.74) is 8.29. The molecule has 0 radical (unpaired) electrons. The monoisotopic (exact) mass is 240 g/mol. The summed E-state index contributed by atoms with van der Waals surface area (Å²) in [5.74, 6) is -0.0547. The zero-order chi connectivity index (χ0) is 12.8. The first kappa shape index (κ1) is 12.3. The van der Waals surface area contributed by atoms with Crippen molar-refractivity contribution in [2.24, 2.45) is 5.73 Å². The minimum absolute atomic E-state index is 0.0547. The van der Waals surface area contributed by atoms with Gasteiger partial charge in [0.2, 0.25) is 5.91 Å². The van der Waals surface area contributed by atoms with E-state index in [9.17, 15) is 4.79 Å². The van der Waals surface area contributed by atoms with Crippen LogP contribution in [0.3, 0.4) is 0 Å². The predicted molar refractivity (Wildman–Crippen MR) is 74.2 cm³/mol. The van der Waals surface area contributed by atoms with E-state index in [4.69, 9.17) is 5.73 Å². The molecule has 0 saturated carbocycles. The minimum atomic E-state index is -0.0547. The van der Waals surface area contributed by atoms with Gasteiger partial charge in [-0.05, 0) is 11.6 Å². The molecule has 3 N–H and O–H groups in total. The van der Waals surface area contributed by atoms with Gasteiger partial charge in [0.25, 0.3) is 0 Å². The van der Waals surface area contributed by atoms with Crippen molar-refractivity contribution in [3.63, 3.8) is 0 Å². The molecule has 0 aliphatic rings. The lowest BCUT2D eigenvalue weighted by atomic mass is 10.0. The van der Waals surface area contributed by atoms with Gasteiger partial charge in [-0.1, -0.05) is 48.5 Å². The molecule has 3 heteroatoms. The maximum Gasteiger partial charge on any atom is 0.225 e. The SMILES string of the molecule is NCCC(=O)Nc1ccccc1-c1ccccc1. The number of nitrogens with one attached hydrogen (secondary N) is 1. The molecule has 0 aliphatic carbocycles. The Bertz CT molecular complexity index is 523. The highest BCUT2D eigenvalue weighted by molar-refractivity contribution is 5.95. The second-order valence-electron chi connectivity index (χ2n) is 4.00. The average Bonchev–Trinajstić information content (AvgIpc) is 2.40. The lowest BCUT2D eigenvalue weighted by Gasteiger charge is -2.10. The first-order valence-electron chi connectivity index (χ1n) is 5.95. The number of para-hydroxylation sites is 1. The van der Waals surface area contributed by atoms with Crippen LogP contribution in [0.25, 0.3) is 11.1 Å². The normalized spacial score (nSPS) is 10.1. The summed E-state index contributed by atoms with van der Waals surface area (Å²) in [6.07, 6.45) is 0.336. The van der Waals surface area contributed by atoms with Crippen LogP contribution in [-0.2, 0) is 4.79 Å². The quantitative estimate of drug-likeness (QED) is 0.863. The van der Waals surface area contributed by atoms with Crippen molar-refractivity contribution in [1.82, 2.24) is 0 Å². The molecule has 0 spiro atoms. The summed E-state index contributed by atoms with van der Waals surface area (Å²) < 4.78 is 0. The van der Waals surface area contributed by atoms with Gasteiger partial charge < -0.3 is 11.1 Å². The highest BCUT2D eigenvalue weighted by Crippen LogP contribution is 2.27. The minimum Gasteiger partial charge on any atom is -0.330 e. The number of hydrogen-bond acceptors (Lipinski definition) is 2. The summed E-state index contributed by atoms with van der Waals surface area (Å²) in [7, 11) is 0. The summed E-state index contributed by atoms with van der Waals surface area (Å²) in [5, 5.41) is 2.89. The van der Waals surface area contributed by atoms with E-state index in [1.54, 1.807) is 0 Å². The average molecular weight is 240 g/mol. The number of nitrogens with two attached hydrogens (primary N) is 1. The second-order valence-corrected chi connectivity index (χ2v) is 4.00. The van der Waals surface area contributed by atoms with E-state index in [1.807, 2.05) is 54.6 Å². The van der Waals surface area contributed by atoms with Crippen LogP contribution < -0.4 is 11.1 Å². The van der Waals surface area contributed by atoms with Crippen molar-refractivity contribution in [2.75, 3.05) is 11.9 Å². The van der Waals surface area contributed by atoms with E-state index in [0.29, 0.717) is 13.0 Å². The molecule has 0 saturated heterocycles. The van der Waals surface area contributed by atoms with Crippen molar-refractivity contribution < 1.29 is 4.79 Å². The van der Waals surface area contributed by atoms with Gasteiger partial charge in [0, 0.05) is 24.2 Å². The Balaban J connectivity index is 2.29. The zero-order valence-electron chi connectivity index (χ0n) is 10.1. The molecule has 18 heavy (non-hydrogen) atoms. The van der Waals surface area contributed by atoms with Gasteiger partial charge in [-0.25, -0.2) is 0 Å². The Kier molecular flexibility index (Phi) is 4.10. The molecule has 0 aromatic heterocycles. The molecule has 0 heterocycles. The molecule has 2 aromatic rings. The molecule has 0 unspecified atom stereocenters. The third-order valence-electron chi connectivity index (χ3n) is 2.66. The summed E-state index contributed by atoms with van der Waals surface area (Å²) >= 11 is 0. The lowest BCUT2D eigenvalue weighted by Crippen LogP contribution is -2.16. The van der Waals surface area contributed by atoms with Gasteiger partial charge in [-0.3, -0.25) is 4.79 Å². The molecule has 3 nitrogen and oxygen atoms in total. The number of rotatable bonds is 4. The van der Waals surface area contributed by atoms with E-state index in [-0.39, 0.29) is 5.91 Å². The van der Waals surface area contributed by atoms with Crippen LogP contribution in [0.4, 0.5) is 5.69 Å². The number of benzene rings is 2. The van der Waals surface area contributed by atoms with Gasteiger partial charge in [-0.2, -0.15) is 0 Å². The van der Waals surface area contributed by atoms with Crippen molar-refractivity contribution in [3.05, 3.63) is 54.6 Å². The molecular formula is C15H16N2O. The fourth-order valence-electron chi connectivity index (χ4n) is 1.81. The van der Waals surface area contributed by atoms with Gasteiger partial charge in [0.05, 0.1) is 0 Å². The number of carbonyl (C=O) groups is 1. The van der Waals surface area contributed by atoms with E-state index < -0.39 is 0 Å². The summed E-state index contributed by atoms with van der Waals surface area (Å²) in [6.45, 7) is 0.360. The van der Waals surface area contributed by atoms with Crippen LogP contribution in [0.5, 0.6) is 0 Å². The van der Waals surface area contributed by atoms with E-state index in [2.05, 4.69) is 5.32 Å². The second kappa shape index (κ2) is 5.98. The number of carbonyl (C=O) groups excluding carboxylic acids is 1. The first-order valence-corrected chi connectivity index (χ1v) is 5.95. The molecule has 92 valence electrons. The molecule has 0 atom stereocenters. The van der Waals surface area contributed by atoms with Gasteiger partial charge >= 0.3 is 0 Å². The third kappa shape index (κ3) is 2.96. The van der Waals surface area contributed by atoms with Gasteiger partial charge in [0.1, 0.15) is 0 Å². The molecule has 0 fully saturated rings. The molecular weight excluding hydrogens is 224 g/mol. The lowest BCUT2D eigenvalue weighted by molar-refractivity contribution is -0.116. The maximum absolute atomic E-state index is 11.6. The third-order valence-corrected chi connectivity index (χ3v) is 2.66. The Hall–Kier alpha value is -2.13. The van der Waals surface area contributed by atoms with Gasteiger partial charge in [-0.15, -0.1) is 0 Å². The molecule has 0 aliphatic heterocycles. The Labute approximate surface area is 107 Å². The van der Waals surface area contributed by atoms with Crippen molar-refractivity contribution >= 4 is 11.6 Å². The van der Waals surface area contributed by atoms with Crippen LogP contribution in [0.2, 0.25) is 0 Å². The Morgan fingerprint density at radius 1 is 1.00 bits per heavy atom. The highest BCUT2D eigenvalue weighted by atomic mass is 16.1. The largest absolute Gasteiger partial charge is 0.330 e. The number of amides is 1. The summed E-state index contributed by atoms with van der Waals surface area (Å²) in [4.78, 5) is 11.6. The van der Waals surface area contributed by atoms with Gasteiger partial charge in [0.15, 0.2) is 0 Å². The van der Waals surface area contributed by atoms with Crippen LogP contribution in [-0.4, -0.2) is 12.5 Å². The van der Waals surface area contributed by atoms with E-state index >= 15 is 0 Å². The van der Waals surface area contributed by atoms with Crippen molar-refractivity contribution in [1.29, 1.82) is 0 Å². The molecule has 0 bridgehead atoms. The van der Waals surface area contributed by atoms with E-state index in [0.717, 1.165) is 16.8 Å². The molecule has 1 amide bonds. The van der Waals surface area contributed by atoms with Crippen molar-refractivity contribution in [2.45, 2.75) is 6.42 Å². The number of anilines is 1. The fraction of sp³-hybridized carbons (Fsp3) is 0.133. The Morgan fingerprint density at radius 2 is 1.67 bits per heavy atom. The van der Waals surface area contributed by atoms with Crippen molar-refractivity contribution in [3.8, 4) is 11.1 Å². The van der Waals surface area contributed by atoms with Crippen LogP contribution in [0.1, 0.15) is 6.42 Å².